The molecule has 2 N–H and O–H groups in total. The van der Waals surface area contributed by atoms with Crippen molar-refractivity contribution in [3.8, 4) is 0 Å². The summed E-state index contributed by atoms with van der Waals surface area (Å²) < 4.78 is 2.70. The molecule has 1 aromatic heterocycles. The molecule has 2 aromatic carbocycles. The Hall–Kier alpha value is -4.54. The van der Waals surface area contributed by atoms with Gasteiger partial charge in [0.05, 0.1) is 0 Å². The molecule has 0 bridgehead atoms. The van der Waals surface area contributed by atoms with E-state index in [1.54, 1.807) is 0 Å². The molecule has 1 aliphatic carbocycles. The van der Waals surface area contributed by atoms with Crippen molar-refractivity contribution in [3.63, 3.8) is 0 Å². The first-order valence-electron chi connectivity index (χ1n) is 27.2. The van der Waals surface area contributed by atoms with E-state index in [0.717, 1.165) is 35.3 Å². The van der Waals surface area contributed by atoms with E-state index < -0.39 is 0 Å². The summed E-state index contributed by atoms with van der Waals surface area (Å²) in [6, 6.07) is 17.3. The molecule has 0 fully saturated rings. The Balaban J connectivity index is 2.14. The van der Waals surface area contributed by atoms with Crippen LogP contribution in [0.15, 0.2) is 161 Å². The van der Waals surface area contributed by atoms with Gasteiger partial charge in [-0.2, -0.15) is 0 Å². The number of nitrogens with one attached hydrogen (secondary N) is 2. The highest BCUT2D eigenvalue weighted by atomic mass is 32.1. The van der Waals surface area contributed by atoms with Crippen molar-refractivity contribution in [1.29, 1.82) is 0 Å². The zero-order valence-electron chi connectivity index (χ0n) is 48.6. The zero-order valence-corrected chi connectivity index (χ0v) is 49.4. The lowest BCUT2D eigenvalue weighted by molar-refractivity contribution is 0.420. The van der Waals surface area contributed by atoms with E-state index in [1.165, 1.54) is 85.0 Å². The molecule has 2 nitrogen and oxygen atoms in total. The van der Waals surface area contributed by atoms with Crippen molar-refractivity contribution in [2.75, 3.05) is 0 Å². The van der Waals surface area contributed by atoms with E-state index in [0.29, 0.717) is 17.8 Å². The van der Waals surface area contributed by atoms with Gasteiger partial charge in [0.1, 0.15) is 0 Å². The van der Waals surface area contributed by atoms with Crippen molar-refractivity contribution in [3.05, 3.63) is 178 Å². The SMILES string of the molecule is C=C(/C=C(N/C=C/C(=C(\C=C\C(\C=C/C)=C\C)C(C)C)C(C)(C)C)\C(=C\NC(/C=C\CC(C)(C)C)=C(C)C)B(c1ccc(C(C)(C)CCCC)cc1)c1cc2cc3c(cc2s1)C(C)CCC3C)C(C)(C)C. The minimum Gasteiger partial charge on any atom is -0.362 e. The molecule has 0 spiro atoms. The number of hydrogen-bond donors (Lipinski definition) is 2. The molecule has 2 unspecified atom stereocenters. The molecule has 0 aliphatic heterocycles. The number of benzene rings is 2. The smallest absolute Gasteiger partial charge is 0.258 e. The molecule has 3 aromatic rings. The van der Waals surface area contributed by atoms with Crippen molar-refractivity contribution in [2.24, 2.45) is 22.2 Å². The summed E-state index contributed by atoms with van der Waals surface area (Å²) in [4.78, 5) is 0. The van der Waals surface area contributed by atoms with Gasteiger partial charge in [-0.15, -0.1) is 11.3 Å². The number of allylic oxidation sites excluding steroid dienone is 15. The van der Waals surface area contributed by atoms with E-state index in [1.807, 2.05) is 11.3 Å². The van der Waals surface area contributed by atoms with Crippen LogP contribution in [-0.2, 0) is 5.41 Å². The van der Waals surface area contributed by atoms with Crippen LogP contribution in [-0.4, -0.2) is 6.71 Å². The van der Waals surface area contributed by atoms with Crippen LogP contribution in [0, 0.1) is 22.2 Å². The average Bonchev–Trinajstić information content (AvgIpc) is 3.69. The Labute approximate surface area is 440 Å². The minimum atomic E-state index is -0.162. The van der Waals surface area contributed by atoms with E-state index in [2.05, 4.69) is 259 Å². The molecule has 1 aliphatic rings. The monoisotopic (exact) mass is 973 g/mol. The van der Waals surface area contributed by atoms with Gasteiger partial charge < -0.3 is 10.6 Å². The highest BCUT2D eigenvalue weighted by Crippen LogP contribution is 2.42. The first kappa shape index (κ1) is 59.0. The number of thiophene rings is 1. The maximum Gasteiger partial charge on any atom is 0.258 e. The van der Waals surface area contributed by atoms with E-state index in [-0.39, 0.29) is 28.4 Å². The van der Waals surface area contributed by atoms with Crippen molar-refractivity contribution < 1.29 is 0 Å². The summed E-state index contributed by atoms with van der Waals surface area (Å²) in [6.45, 7) is 50.5. The van der Waals surface area contributed by atoms with E-state index in [9.17, 15) is 0 Å². The van der Waals surface area contributed by atoms with Crippen LogP contribution in [0.2, 0.25) is 0 Å². The van der Waals surface area contributed by atoms with Crippen LogP contribution >= 0.6 is 11.3 Å². The van der Waals surface area contributed by atoms with Gasteiger partial charge in [-0.25, -0.2) is 0 Å². The number of fused-ring (bicyclic) bond motifs is 2. The molecule has 4 rings (SSSR count). The molecule has 0 radical (unpaired) electrons. The maximum atomic E-state index is 4.76. The Morgan fingerprint density at radius 1 is 0.803 bits per heavy atom. The largest absolute Gasteiger partial charge is 0.362 e. The molecular formula is C67H97BN2S. The first-order valence-corrected chi connectivity index (χ1v) is 28.0. The van der Waals surface area contributed by atoms with Gasteiger partial charge >= 0.3 is 0 Å². The summed E-state index contributed by atoms with van der Waals surface area (Å²) in [5, 5.41) is 9.28. The summed E-state index contributed by atoms with van der Waals surface area (Å²) in [5.41, 5.74) is 15.1. The topological polar surface area (TPSA) is 24.1 Å². The lowest BCUT2D eigenvalue weighted by atomic mass is 9.38. The third-order valence-corrected chi connectivity index (χ3v) is 15.7. The van der Waals surface area contributed by atoms with Gasteiger partial charge in [0.15, 0.2) is 0 Å². The fourth-order valence-electron chi connectivity index (χ4n) is 9.51. The quantitative estimate of drug-likeness (QED) is 0.0871. The zero-order chi connectivity index (χ0) is 53.1. The Kier molecular flexibility index (Phi) is 21.1. The predicted molar refractivity (Wildman–Crippen MR) is 323 cm³/mol. The molecule has 71 heavy (non-hydrogen) atoms. The Morgan fingerprint density at radius 3 is 1.97 bits per heavy atom. The average molecular weight is 973 g/mol. The Morgan fingerprint density at radius 2 is 1.44 bits per heavy atom. The highest BCUT2D eigenvalue weighted by Gasteiger charge is 2.32. The number of unbranched alkanes of at least 4 members (excludes halogenated alkanes) is 1. The fraction of sp³-hybridized carbons (Fsp3) is 0.493. The molecule has 2 atom stereocenters. The second kappa shape index (κ2) is 25.4. The van der Waals surface area contributed by atoms with Gasteiger partial charge in [-0.3, -0.25) is 0 Å². The van der Waals surface area contributed by atoms with Crippen LogP contribution in [0.3, 0.4) is 0 Å². The van der Waals surface area contributed by atoms with Crippen LogP contribution < -0.4 is 20.9 Å². The van der Waals surface area contributed by atoms with Crippen LogP contribution in [0.25, 0.3) is 10.1 Å². The second-order valence-corrected chi connectivity index (χ2v) is 26.2. The van der Waals surface area contributed by atoms with Crippen LogP contribution in [0.1, 0.15) is 206 Å². The number of hydrogen-bond acceptors (Lipinski definition) is 3. The second-order valence-electron chi connectivity index (χ2n) is 25.1. The van der Waals surface area contributed by atoms with E-state index in [4.69, 9.17) is 6.58 Å². The number of rotatable bonds is 20. The summed E-state index contributed by atoms with van der Waals surface area (Å²) in [6.07, 6.45) is 31.9. The van der Waals surface area contributed by atoms with Gasteiger partial charge in [-0.05, 0) is 190 Å². The fourth-order valence-corrected chi connectivity index (χ4v) is 10.8. The van der Waals surface area contributed by atoms with Crippen molar-refractivity contribution in [1.82, 2.24) is 10.6 Å². The van der Waals surface area contributed by atoms with E-state index >= 15 is 0 Å². The van der Waals surface area contributed by atoms with Gasteiger partial charge in [0.2, 0.25) is 0 Å². The van der Waals surface area contributed by atoms with Crippen LogP contribution in [0.4, 0.5) is 0 Å². The molecule has 0 amide bonds. The lowest BCUT2D eigenvalue weighted by Gasteiger charge is -2.27. The lowest BCUT2D eigenvalue weighted by Crippen LogP contribution is -2.45. The minimum absolute atomic E-state index is 0.0807. The maximum absolute atomic E-state index is 4.76. The molecule has 384 valence electrons. The molecule has 4 heteroatoms. The van der Waals surface area contributed by atoms with Gasteiger partial charge in [-0.1, -0.05) is 202 Å². The van der Waals surface area contributed by atoms with Crippen molar-refractivity contribution in [2.45, 2.75) is 194 Å². The van der Waals surface area contributed by atoms with Gasteiger partial charge in [0.25, 0.3) is 6.71 Å². The summed E-state index contributed by atoms with van der Waals surface area (Å²) in [7, 11) is 0. The first-order chi connectivity index (χ1) is 33.1. The molecule has 0 saturated heterocycles. The predicted octanol–water partition coefficient (Wildman–Crippen LogP) is 18.9. The Bertz CT molecular complexity index is 2510. The summed E-state index contributed by atoms with van der Waals surface area (Å²) >= 11 is 1.96. The molecule has 0 saturated carbocycles. The molecule has 1 heterocycles. The van der Waals surface area contributed by atoms with Crippen molar-refractivity contribution >= 4 is 38.4 Å². The standard InChI is InChI=1S/C67H97BN2S/c1-22-25-39-67(20,21)53-32-34-54(35-33-53)68(63-43-52-42-56-48(8)29-30-49(9)57(56)44-62(52)71-63)59(45-70-60(47(6)7)28-26-38-64(11,12)13)61(41-50(10)65(14,15)16)69-40-37-58(66(17,18)19)55(46(4)5)36-31-51(24-3)27-23-2/h23-24,26-28,31-37,40-46,48-49,69-70H,10,22,25,29-30,38-39H2,1-9,11-21H3/b27-23-,28-26-,36-31+,40-37+,51-24+,58-55-,59-45-,61-41+. The highest BCUT2D eigenvalue weighted by molar-refractivity contribution is 7.31. The molecular weight excluding hydrogens is 876 g/mol. The van der Waals surface area contributed by atoms with Crippen LogP contribution in [0.5, 0.6) is 0 Å². The third-order valence-electron chi connectivity index (χ3n) is 14.5. The normalized spacial score (nSPS) is 17.3. The summed E-state index contributed by atoms with van der Waals surface area (Å²) in [5.74, 6) is 1.45. The van der Waals surface area contributed by atoms with Gasteiger partial charge in [0, 0.05) is 22.3 Å². The third kappa shape index (κ3) is 16.8.